The number of fused-ring (bicyclic) bond motifs is 2. The van der Waals surface area contributed by atoms with Crippen molar-refractivity contribution in [2.24, 2.45) is 0 Å². The molecule has 0 aliphatic carbocycles. The number of anilines is 1. The second-order valence-corrected chi connectivity index (χ2v) is 6.12. The Morgan fingerprint density at radius 1 is 1.15 bits per heavy atom. The van der Waals surface area contributed by atoms with E-state index in [1.807, 2.05) is 12.1 Å². The molecule has 6 heteroatoms. The summed E-state index contributed by atoms with van der Waals surface area (Å²) in [6.07, 6.45) is 0.270. The highest BCUT2D eigenvalue weighted by Gasteiger charge is 2.25. The zero-order chi connectivity index (χ0) is 18.3. The van der Waals surface area contributed by atoms with Crippen LogP contribution < -0.4 is 4.90 Å². The first kappa shape index (κ1) is 16.1. The van der Waals surface area contributed by atoms with E-state index in [0.29, 0.717) is 11.1 Å². The van der Waals surface area contributed by atoms with Gasteiger partial charge in [0.1, 0.15) is 5.58 Å². The normalized spacial score (nSPS) is 13.1. The summed E-state index contributed by atoms with van der Waals surface area (Å²) in [4.78, 5) is 37.7. The van der Waals surface area contributed by atoms with E-state index in [-0.39, 0.29) is 23.9 Å². The first-order chi connectivity index (χ1) is 12.5. The average Bonchev–Trinajstić information content (AvgIpc) is 3.20. The van der Waals surface area contributed by atoms with Crippen LogP contribution in [-0.2, 0) is 16.0 Å². The lowest BCUT2D eigenvalue weighted by molar-refractivity contribution is -0.117. The van der Waals surface area contributed by atoms with Crippen molar-refractivity contribution in [3.05, 3.63) is 65.4 Å². The number of amides is 1. The molecule has 1 amide bonds. The lowest BCUT2D eigenvalue weighted by Crippen LogP contribution is -2.20. The SMILES string of the molecule is CN1C(=O)Cc2cc(C(=O)COC(=O)c3cc4ccccc4o3)ccc21. The molecule has 0 radical (unpaired) electrons. The molecule has 0 bridgehead atoms. The maximum Gasteiger partial charge on any atom is 0.374 e. The van der Waals surface area contributed by atoms with Crippen LogP contribution in [0.2, 0.25) is 0 Å². The Bertz CT molecular complexity index is 1020. The van der Waals surface area contributed by atoms with E-state index in [0.717, 1.165) is 16.6 Å². The van der Waals surface area contributed by atoms with Gasteiger partial charge in [-0.3, -0.25) is 9.59 Å². The predicted molar refractivity (Wildman–Crippen MR) is 94.4 cm³/mol. The minimum Gasteiger partial charge on any atom is -0.451 e. The van der Waals surface area contributed by atoms with Crippen LogP contribution in [0.1, 0.15) is 26.5 Å². The number of carbonyl (C=O) groups is 3. The molecule has 1 aliphatic heterocycles. The second kappa shape index (κ2) is 6.15. The molecule has 26 heavy (non-hydrogen) atoms. The molecule has 1 aromatic heterocycles. The third-order valence-corrected chi connectivity index (χ3v) is 4.44. The molecule has 0 spiro atoms. The number of likely N-dealkylation sites (N-methyl/N-ethyl adjacent to an activating group) is 1. The van der Waals surface area contributed by atoms with Gasteiger partial charge in [0, 0.05) is 23.7 Å². The van der Waals surface area contributed by atoms with E-state index >= 15 is 0 Å². The molecule has 3 aromatic rings. The smallest absolute Gasteiger partial charge is 0.374 e. The molecular weight excluding hydrogens is 334 g/mol. The molecule has 2 aromatic carbocycles. The van der Waals surface area contributed by atoms with Crippen molar-refractivity contribution in [1.29, 1.82) is 0 Å². The fourth-order valence-electron chi connectivity index (χ4n) is 3.01. The summed E-state index contributed by atoms with van der Waals surface area (Å²) < 4.78 is 10.5. The van der Waals surface area contributed by atoms with E-state index in [2.05, 4.69) is 0 Å². The van der Waals surface area contributed by atoms with Crippen LogP contribution in [0, 0.1) is 0 Å². The molecule has 130 valence electrons. The van der Waals surface area contributed by atoms with Crippen molar-refractivity contribution in [1.82, 2.24) is 0 Å². The van der Waals surface area contributed by atoms with Gasteiger partial charge in [0.25, 0.3) is 0 Å². The number of rotatable bonds is 4. The summed E-state index contributed by atoms with van der Waals surface area (Å²) in [5.74, 6) is -0.981. The molecule has 4 rings (SSSR count). The second-order valence-electron chi connectivity index (χ2n) is 6.12. The van der Waals surface area contributed by atoms with Crippen LogP contribution in [0.5, 0.6) is 0 Å². The zero-order valence-electron chi connectivity index (χ0n) is 14.0. The monoisotopic (exact) mass is 349 g/mol. The molecule has 0 N–H and O–H groups in total. The average molecular weight is 349 g/mol. The largest absolute Gasteiger partial charge is 0.451 e. The number of ketones is 1. The number of Topliss-reactive ketones (excluding diaryl/α,β-unsaturated/α-hetero) is 1. The van der Waals surface area contributed by atoms with Gasteiger partial charge in [0.15, 0.2) is 12.4 Å². The van der Waals surface area contributed by atoms with Crippen LogP contribution >= 0.6 is 0 Å². The molecule has 2 heterocycles. The fraction of sp³-hybridized carbons (Fsp3) is 0.150. The van der Waals surface area contributed by atoms with Gasteiger partial charge in [-0.1, -0.05) is 18.2 Å². The molecular formula is C20H15NO5. The van der Waals surface area contributed by atoms with Crippen molar-refractivity contribution in [2.75, 3.05) is 18.6 Å². The van der Waals surface area contributed by atoms with E-state index in [1.165, 1.54) is 0 Å². The van der Waals surface area contributed by atoms with Gasteiger partial charge in [-0.05, 0) is 35.9 Å². The maximum atomic E-state index is 12.3. The highest BCUT2D eigenvalue weighted by molar-refractivity contribution is 6.04. The topological polar surface area (TPSA) is 76.8 Å². The predicted octanol–water partition coefficient (Wildman–Crippen LogP) is 2.99. The number of para-hydroxylation sites is 1. The first-order valence-electron chi connectivity index (χ1n) is 8.11. The summed E-state index contributed by atoms with van der Waals surface area (Å²) in [6.45, 7) is -0.390. The van der Waals surface area contributed by atoms with Crippen LogP contribution in [0.4, 0.5) is 5.69 Å². The Hall–Kier alpha value is -3.41. The van der Waals surface area contributed by atoms with Gasteiger partial charge >= 0.3 is 5.97 Å². The molecule has 1 aliphatic rings. The number of furan rings is 1. The molecule has 6 nitrogen and oxygen atoms in total. The molecule has 0 atom stereocenters. The van der Waals surface area contributed by atoms with Crippen molar-refractivity contribution in [3.63, 3.8) is 0 Å². The van der Waals surface area contributed by atoms with E-state index in [4.69, 9.17) is 9.15 Å². The van der Waals surface area contributed by atoms with E-state index in [1.54, 1.807) is 48.3 Å². The third kappa shape index (κ3) is 2.75. The maximum absolute atomic E-state index is 12.3. The summed E-state index contributed by atoms with van der Waals surface area (Å²) in [7, 11) is 1.70. The molecule has 0 unspecified atom stereocenters. The van der Waals surface area contributed by atoms with Crippen LogP contribution in [-0.4, -0.2) is 31.3 Å². The van der Waals surface area contributed by atoms with Gasteiger partial charge in [-0.25, -0.2) is 4.79 Å². The summed E-state index contributed by atoms with van der Waals surface area (Å²) in [6, 6.07) is 13.8. The summed E-state index contributed by atoms with van der Waals surface area (Å²) >= 11 is 0. The lowest BCUT2D eigenvalue weighted by atomic mass is 10.1. The number of hydrogen-bond acceptors (Lipinski definition) is 5. The number of benzene rings is 2. The standard InChI is InChI=1S/C20H15NO5/c1-21-15-7-6-12(8-14(15)10-19(21)23)16(22)11-25-20(24)18-9-13-4-2-3-5-17(13)26-18/h2-9H,10-11H2,1H3. The van der Waals surface area contributed by atoms with Crippen LogP contribution in [0.15, 0.2) is 52.9 Å². The van der Waals surface area contributed by atoms with Gasteiger partial charge in [0.2, 0.25) is 11.7 Å². The quantitative estimate of drug-likeness (QED) is 0.534. The number of ether oxygens (including phenoxy) is 1. The Balaban J connectivity index is 1.45. The Morgan fingerprint density at radius 2 is 1.96 bits per heavy atom. The highest BCUT2D eigenvalue weighted by atomic mass is 16.5. The molecule has 0 fully saturated rings. The van der Waals surface area contributed by atoms with E-state index < -0.39 is 12.6 Å². The third-order valence-electron chi connectivity index (χ3n) is 4.44. The number of esters is 1. The van der Waals surface area contributed by atoms with Gasteiger partial charge < -0.3 is 14.1 Å². The molecule has 0 saturated heterocycles. The van der Waals surface area contributed by atoms with Gasteiger partial charge in [0.05, 0.1) is 6.42 Å². The number of hydrogen-bond donors (Lipinski definition) is 0. The van der Waals surface area contributed by atoms with Gasteiger partial charge in [-0.15, -0.1) is 0 Å². The summed E-state index contributed by atoms with van der Waals surface area (Å²) in [5, 5.41) is 0.790. The number of carbonyl (C=O) groups excluding carboxylic acids is 3. The fourth-order valence-corrected chi connectivity index (χ4v) is 3.01. The van der Waals surface area contributed by atoms with Crippen molar-refractivity contribution >= 4 is 34.3 Å². The Labute approximate surface area is 149 Å². The Morgan fingerprint density at radius 3 is 2.77 bits per heavy atom. The zero-order valence-corrected chi connectivity index (χ0v) is 14.0. The van der Waals surface area contributed by atoms with Crippen molar-refractivity contribution < 1.29 is 23.5 Å². The van der Waals surface area contributed by atoms with Crippen molar-refractivity contribution in [2.45, 2.75) is 6.42 Å². The van der Waals surface area contributed by atoms with Crippen LogP contribution in [0.3, 0.4) is 0 Å². The van der Waals surface area contributed by atoms with Crippen molar-refractivity contribution in [3.8, 4) is 0 Å². The lowest BCUT2D eigenvalue weighted by Gasteiger charge is -2.10. The minimum absolute atomic E-state index is 0.0130. The summed E-state index contributed by atoms with van der Waals surface area (Å²) in [5.41, 5.74) is 2.58. The molecule has 0 saturated carbocycles. The Kier molecular flexibility index (Phi) is 3.80. The minimum atomic E-state index is -0.689. The van der Waals surface area contributed by atoms with Gasteiger partial charge in [-0.2, -0.15) is 0 Å². The van der Waals surface area contributed by atoms with Crippen LogP contribution in [0.25, 0.3) is 11.0 Å². The number of nitrogens with zero attached hydrogens (tertiary/aromatic N) is 1. The highest BCUT2D eigenvalue weighted by Crippen LogP contribution is 2.28. The van der Waals surface area contributed by atoms with E-state index in [9.17, 15) is 14.4 Å². The first-order valence-corrected chi connectivity index (χ1v) is 8.11.